The average Bonchev–Trinajstić information content (AvgIpc) is 3.11. The van der Waals surface area contributed by atoms with E-state index in [-0.39, 0.29) is 28.9 Å². The van der Waals surface area contributed by atoms with E-state index in [1.807, 2.05) is 13.0 Å². The monoisotopic (exact) mass is 523 g/mol. The molecule has 150 valence electrons. The van der Waals surface area contributed by atoms with Crippen molar-refractivity contribution < 1.29 is 13.2 Å². The molecule has 2 N–H and O–H groups in total. The number of nitrogens with zero attached hydrogens (tertiary/aromatic N) is 1. The highest BCUT2D eigenvalue weighted by molar-refractivity contribution is 14.0. The van der Waals surface area contributed by atoms with Crippen LogP contribution in [0.1, 0.15) is 11.8 Å². The summed E-state index contributed by atoms with van der Waals surface area (Å²) in [5, 5.41) is 8.51. The highest BCUT2D eigenvalue weighted by atomic mass is 127. The molecule has 9 heteroatoms. The Morgan fingerprint density at radius 3 is 2.52 bits per heavy atom. The minimum absolute atomic E-state index is 0. The zero-order chi connectivity index (χ0) is 18.8. The summed E-state index contributed by atoms with van der Waals surface area (Å²) in [7, 11) is -3.18. The van der Waals surface area contributed by atoms with Crippen molar-refractivity contribution in [2.45, 2.75) is 18.2 Å². The molecule has 0 saturated carbocycles. The SMILES string of the molecule is CCNC(=NCCc1cccs1)NCCOc1ccc(S(C)(=O)=O)cc1.I. The molecule has 0 saturated heterocycles. The fourth-order valence-electron chi connectivity index (χ4n) is 2.20. The zero-order valence-electron chi connectivity index (χ0n) is 15.5. The largest absolute Gasteiger partial charge is 0.492 e. The number of hydrogen-bond donors (Lipinski definition) is 2. The van der Waals surface area contributed by atoms with E-state index in [1.54, 1.807) is 35.6 Å². The highest BCUT2D eigenvalue weighted by Crippen LogP contribution is 2.15. The van der Waals surface area contributed by atoms with Gasteiger partial charge in [0.1, 0.15) is 12.4 Å². The first kappa shape index (κ1) is 23.7. The van der Waals surface area contributed by atoms with E-state index in [0.29, 0.717) is 18.9 Å². The topological polar surface area (TPSA) is 79.8 Å². The minimum Gasteiger partial charge on any atom is -0.492 e. The third kappa shape index (κ3) is 8.93. The van der Waals surface area contributed by atoms with Gasteiger partial charge in [0.25, 0.3) is 0 Å². The lowest BCUT2D eigenvalue weighted by Crippen LogP contribution is -2.39. The summed E-state index contributed by atoms with van der Waals surface area (Å²) in [6.07, 6.45) is 2.12. The van der Waals surface area contributed by atoms with Crippen molar-refractivity contribution in [1.82, 2.24) is 10.6 Å². The van der Waals surface area contributed by atoms with Gasteiger partial charge in [0.2, 0.25) is 0 Å². The standard InChI is InChI=1S/C18H25N3O3S2.HI/c1-3-19-18(20-11-10-16-5-4-14-25-16)21-12-13-24-15-6-8-17(9-7-15)26(2,22)23;/h4-9,14H,3,10-13H2,1-2H3,(H2,19,20,21);1H. The summed E-state index contributed by atoms with van der Waals surface area (Å²) in [5.41, 5.74) is 0. The maximum absolute atomic E-state index is 11.4. The quantitative estimate of drug-likeness (QED) is 0.229. The van der Waals surface area contributed by atoms with E-state index in [4.69, 9.17) is 4.74 Å². The lowest BCUT2D eigenvalue weighted by molar-refractivity contribution is 0.321. The smallest absolute Gasteiger partial charge is 0.191 e. The Labute approximate surface area is 182 Å². The van der Waals surface area contributed by atoms with Gasteiger partial charge in [0, 0.05) is 30.6 Å². The first-order chi connectivity index (χ1) is 12.5. The fourth-order valence-corrected chi connectivity index (χ4v) is 3.52. The average molecular weight is 523 g/mol. The van der Waals surface area contributed by atoms with Gasteiger partial charge in [0.15, 0.2) is 15.8 Å². The summed E-state index contributed by atoms with van der Waals surface area (Å²) in [4.78, 5) is 6.16. The van der Waals surface area contributed by atoms with Crippen LogP contribution in [0, 0.1) is 0 Å². The van der Waals surface area contributed by atoms with Crippen molar-refractivity contribution in [3.63, 3.8) is 0 Å². The molecular weight excluding hydrogens is 497 g/mol. The van der Waals surface area contributed by atoms with Crippen LogP contribution < -0.4 is 15.4 Å². The Bertz CT molecular complexity index is 792. The highest BCUT2D eigenvalue weighted by Gasteiger charge is 2.06. The predicted octanol–water partition coefficient (Wildman–Crippen LogP) is 2.95. The maximum atomic E-state index is 11.4. The van der Waals surface area contributed by atoms with Crippen LogP contribution in [0.3, 0.4) is 0 Å². The molecule has 27 heavy (non-hydrogen) atoms. The third-order valence-corrected chi connectivity index (χ3v) is 5.53. The zero-order valence-corrected chi connectivity index (χ0v) is 19.4. The van der Waals surface area contributed by atoms with E-state index >= 15 is 0 Å². The number of halogens is 1. The molecule has 1 aromatic carbocycles. The van der Waals surface area contributed by atoms with Gasteiger partial charge in [-0.1, -0.05) is 6.07 Å². The second-order valence-corrected chi connectivity index (χ2v) is 8.66. The molecule has 0 aliphatic carbocycles. The van der Waals surface area contributed by atoms with Gasteiger partial charge in [-0.25, -0.2) is 8.42 Å². The van der Waals surface area contributed by atoms with E-state index < -0.39 is 9.84 Å². The fraction of sp³-hybridized carbons (Fsp3) is 0.389. The molecule has 1 aromatic heterocycles. The molecule has 0 bridgehead atoms. The Kier molecular flexibility index (Phi) is 10.7. The van der Waals surface area contributed by atoms with Crippen LogP contribution in [-0.2, 0) is 16.3 Å². The molecule has 2 rings (SSSR count). The van der Waals surface area contributed by atoms with Gasteiger partial charge in [-0.3, -0.25) is 4.99 Å². The lowest BCUT2D eigenvalue weighted by atomic mass is 10.3. The summed E-state index contributed by atoms with van der Waals surface area (Å²) in [6.45, 7) is 4.59. The number of benzene rings is 1. The van der Waals surface area contributed by atoms with Crippen LogP contribution in [-0.4, -0.2) is 46.9 Å². The van der Waals surface area contributed by atoms with Crippen molar-refractivity contribution in [3.8, 4) is 5.75 Å². The summed E-state index contributed by atoms with van der Waals surface area (Å²) < 4.78 is 28.5. The second-order valence-electron chi connectivity index (χ2n) is 5.61. The molecule has 2 aromatic rings. The molecule has 0 amide bonds. The molecule has 0 spiro atoms. The van der Waals surface area contributed by atoms with E-state index in [1.165, 1.54) is 11.1 Å². The Morgan fingerprint density at radius 1 is 1.19 bits per heavy atom. The van der Waals surface area contributed by atoms with Crippen LogP contribution in [0.2, 0.25) is 0 Å². The van der Waals surface area contributed by atoms with Gasteiger partial charge >= 0.3 is 0 Å². The number of ether oxygens (including phenoxy) is 1. The number of nitrogens with one attached hydrogen (secondary N) is 2. The van der Waals surface area contributed by atoms with Gasteiger partial charge in [-0.2, -0.15) is 0 Å². The van der Waals surface area contributed by atoms with Crippen molar-refractivity contribution in [2.24, 2.45) is 4.99 Å². The van der Waals surface area contributed by atoms with Crippen LogP contribution in [0.25, 0.3) is 0 Å². The van der Waals surface area contributed by atoms with Crippen molar-refractivity contribution in [1.29, 1.82) is 0 Å². The molecule has 0 radical (unpaired) electrons. The molecule has 1 heterocycles. The minimum atomic E-state index is -3.18. The van der Waals surface area contributed by atoms with E-state index in [0.717, 1.165) is 25.5 Å². The maximum Gasteiger partial charge on any atom is 0.191 e. The van der Waals surface area contributed by atoms with Crippen molar-refractivity contribution in [2.75, 3.05) is 32.5 Å². The van der Waals surface area contributed by atoms with Gasteiger partial charge in [0.05, 0.1) is 11.4 Å². The number of thiophene rings is 1. The number of guanidine groups is 1. The molecule has 0 fully saturated rings. The van der Waals surface area contributed by atoms with E-state index in [9.17, 15) is 8.42 Å². The second kappa shape index (κ2) is 12.2. The summed E-state index contributed by atoms with van der Waals surface area (Å²) in [6, 6.07) is 10.6. The molecule has 0 atom stereocenters. The molecular formula is C18H26IN3O3S2. The van der Waals surface area contributed by atoms with Crippen molar-refractivity contribution in [3.05, 3.63) is 46.7 Å². The normalized spacial score (nSPS) is 11.6. The Morgan fingerprint density at radius 2 is 1.93 bits per heavy atom. The van der Waals surface area contributed by atoms with E-state index in [2.05, 4.69) is 27.1 Å². The molecule has 0 aliphatic heterocycles. The number of rotatable bonds is 9. The van der Waals surface area contributed by atoms with Gasteiger partial charge in [-0.15, -0.1) is 35.3 Å². The molecule has 6 nitrogen and oxygen atoms in total. The van der Waals surface area contributed by atoms with Crippen LogP contribution in [0.5, 0.6) is 5.75 Å². The van der Waals surface area contributed by atoms with Crippen LogP contribution in [0.15, 0.2) is 51.7 Å². The van der Waals surface area contributed by atoms with Crippen LogP contribution >= 0.6 is 35.3 Å². The lowest BCUT2D eigenvalue weighted by Gasteiger charge is -2.12. The number of aliphatic imine (C=N–C) groups is 1. The Balaban J connectivity index is 0.00000364. The third-order valence-electron chi connectivity index (χ3n) is 3.47. The first-order valence-corrected chi connectivity index (χ1v) is 11.2. The van der Waals surface area contributed by atoms with Gasteiger partial charge in [-0.05, 0) is 42.6 Å². The molecule has 0 aliphatic rings. The number of hydrogen-bond acceptors (Lipinski definition) is 5. The summed E-state index contributed by atoms with van der Waals surface area (Å²) in [5.74, 6) is 1.40. The number of sulfone groups is 1. The Hall–Kier alpha value is -1.33. The van der Waals surface area contributed by atoms with Crippen molar-refractivity contribution >= 4 is 51.1 Å². The predicted molar refractivity (Wildman–Crippen MR) is 122 cm³/mol. The van der Waals surface area contributed by atoms with Crippen LogP contribution in [0.4, 0.5) is 0 Å². The first-order valence-electron chi connectivity index (χ1n) is 8.46. The van der Waals surface area contributed by atoms with Gasteiger partial charge < -0.3 is 15.4 Å². The molecule has 0 unspecified atom stereocenters. The summed E-state index contributed by atoms with van der Waals surface area (Å²) >= 11 is 1.74.